The van der Waals surface area contributed by atoms with Crippen LogP contribution in [0.4, 0.5) is 0 Å². The van der Waals surface area contributed by atoms with Crippen LogP contribution in [0.3, 0.4) is 0 Å². The van der Waals surface area contributed by atoms with Crippen molar-refractivity contribution in [2.24, 2.45) is 11.8 Å². The molecule has 1 aromatic heterocycles. The second kappa shape index (κ2) is 10.7. The third-order valence-electron chi connectivity index (χ3n) is 7.14. The van der Waals surface area contributed by atoms with Gasteiger partial charge < -0.3 is 14.8 Å². The summed E-state index contributed by atoms with van der Waals surface area (Å²) >= 11 is 0. The Morgan fingerprint density at radius 1 is 1.21 bits per heavy atom. The van der Waals surface area contributed by atoms with E-state index in [0.29, 0.717) is 23.6 Å². The predicted molar refractivity (Wildman–Crippen MR) is 124 cm³/mol. The third kappa shape index (κ3) is 5.81. The molecular weight excluding hydrogens is 416 g/mol. The van der Waals surface area contributed by atoms with Crippen LogP contribution in [-0.4, -0.2) is 34.6 Å². The van der Waals surface area contributed by atoms with Gasteiger partial charge in [0.2, 0.25) is 0 Å². The highest BCUT2D eigenvalue weighted by Gasteiger charge is 2.25. The van der Waals surface area contributed by atoms with E-state index < -0.39 is 0 Å². The number of aldehydes is 1. The average molecular weight is 449 g/mol. The monoisotopic (exact) mass is 448 g/mol. The molecule has 1 N–H and O–H groups in total. The first-order valence-electron chi connectivity index (χ1n) is 12.0. The molecule has 0 aliphatic heterocycles. The van der Waals surface area contributed by atoms with Gasteiger partial charge in [-0.2, -0.15) is 10.4 Å². The Hall–Kier alpha value is -3.14. The topological polar surface area (TPSA) is 97.0 Å². The first kappa shape index (κ1) is 23.0. The molecule has 1 aromatic carbocycles. The Balaban J connectivity index is 1.20. The van der Waals surface area contributed by atoms with Crippen LogP contribution in [0.1, 0.15) is 78.9 Å². The number of hydrogen-bond acceptors (Lipinski definition) is 5. The van der Waals surface area contributed by atoms with E-state index in [1.54, 1.807) is 6.20 Å². The molecule has 33 heavy (non-hydrogen) atoms. The molecule has 0 spiro atoms. The first-order chi connectivity index (χ1) is 16.1. The van der Waals surface area contributed by atoms with E-state index in [2.05, 4.69) is 16.5 Å². The lowest BCUT2D eigenvalue weighted by atomic mass is 9.87. The van der Waals surface area contributed by atoms with Gasteiger partial charge in [0.1, 0.15) is 12.0 Å². The maximum atomic E-state index is 12.6. The quantitative estimate of drug-likeness (QED) is 0.635. The zero-order valence-electron chi connectivity index (χ0n) is 19.2. The fraction of sp³-hybridized carbons (Fsp3) is 0.538. The van der Waals surface area contributed by atoms with Gasteiger partial charge in [0.25, 0.3) is 5.91 Å². The minimum atomic E-state index is -0.0748. The van der Waals surface area contributed by atoms with Gasteiger partial charge in [-0.15, -0.1) is 0 Å². The summed E-state index contributed by atoms with van der Waals surface area (Å²) in [6.45, 7) is 2.59. The van der Waals surface area contributed by atoms with Gasteiger partial charge in [-0.25, -0.2) is 0 Å². The van der Waals surface area contributed by atoms with Gasteiger partial charge in [-0.1, -0.05) is 0 Å². The summed E-state index contributed by atoms with van der Waals surface area (Å²) < 4.78 is 8.02. The van der Waals surface area contributed by atoms with Crippen molar-refractivity contribution in [1.29, 1.82) is 5.26 Å². The lowest BCUT2D eigenvalue weighted by Crippen LogP contribution is -2.33. The number of nitriles is 1. The molecule has 174 valence electrons. The van der Waals surface area contributed by atoms with E-state index in [1.165, 1.54) is 0 Å². The van der Waals surface area contributed by atoms with Crippen LogP contribution in [0, 0.1) is 30.1 Å². The third-order valence-corrected chi connectivity index (χ3v) is 7.14. The van der Waals surface area contributed by atoms with Crippen LogP contribution < -0.4 is 10.1 Å². The molecule has 0 saturated heterocycles. The summed E-state index contributed by atoms with van der Waals surface area (Å²) in [7, 11) is 0. The van der Waals surface area contributed by atoms with Gasteiger partial charge in [0.05, 0.1) is 35.5 Å². The van der Waals surface area contributed by atoms with Crippen LogP contribution in [0.25, 0.3) is 0 Å². The van der Waals surface area contributed by atoms with E-state index in [4.69, 9.17) is 10.00 Å². The number of hydrogen-bond donors (Lipinski definition) is 1. The van der Waals surface area contributed by atoms with Crippen LogP contribution in [0.15, 0.2) is 30.6 Å². The number of amides is 1. The summed E-state index contributed by atoms with van der Waals surface area (Å²) in [6, 6.07) is 8.06. The summed E-state index contributed by atoms with van der Waals surface area (Å²) in [5.41, 5.74) is 2.21. The largest absolute Gasteiger partial charge is 0.490 e. The predicted octanol–water partition coefficient (Wildman–Crippen LogP) is 4.36. The number of carbonyl (C=O) groups is 2. The molecular formula is C26H32N4O3. The summed E-state index contributed by atoms with van der Waals surface area (Å²) in [4.78, 5) is 23.6. The summed E-state index contributed by atoms with van der Waals surface area (Å²) in [5, 5.41) is 16.5. The highest BCUT2D eigenvalue weighted by atomic mass is 16.5. The molecule has 0 bridgehead atoms. The van der Waals surface area contributed by atoms with Crippen LogP contribution >= 0.6 is 0 Å². The van der Waals surface area contributed by atoms with E-state index in [0.717, 1.165) is 69.0 Å². The Morgan fingerprint density at radius 2 is 1.97 bits per heavy atom. The Kier molecular flexibility index (Phi) is 7.43. The van der Waals surface area contributed by atoms with E-state index in [9.17, 15) is 9.59 Å². The molecule has 0 radical (unpaired) electrons. The van der Waals surface area contributed by atoms with E-state index >= 15 is 0 Å². The molecule has 4 rings (SSSR count). The normalized spacial score (nSPS) is 25.1. The number of aryl methyl sites for hydroxylation is 1. The van der Waals surface area contributed by atoms with Crippen LogP contribution in [0.5, 0.6) is 5.75 Å². The molecule has 2 aliphatic carbocycles. The van der Waals surface area contributed by atoms with Gasteiger partial charge >= 0.3 is 0 Å². The van der Waals surface area contributed by atoms with Crippen molar-refractivity contribution in [3.05, 3.63) is 47.3 Å². The van der Waals surface area contributed by atoms with E-state index in [-0.39, 0.29) is 24.0 Å². The van der Waals surface area contributed by atoms with Gasteiger partial charge in [0.15, 0.2) is 0 Å². The van der Waals surface area contributed by atoms with Crippen molar-refractivity contribution in [2.75, 3.05) is 6.54 Å². The second-order valence-electron chi connectivity index (χ2n) is 9.47. The second-order valence-corrected chi connectivity index (χ2v) is 9.47. The molecule has 1 amide bonds. The van der Waals surface area contributed by atoms with Crippen molar-refractivity contribution in [1.82, 2.24) is 15.1 Å². The number of nitrogens with zero attached hydrogens (tertiary/aromatic N) is 3. The van der Waals surface area contributed by atoms with E-state index in [1.807, 2.05) is 36.0 Å². The molecule has 2 saturated carbocycles. The average Bonchev–Trinajstić information content (AvgIpc) is 3.34. The molecule has 1 heterocycles. The van der Waals surface area contributed by atoms with Crippen molar-refractivity contribution in [3.8, 4) is 11.8 Å². The lowest BCUT2D eigenvalue weighted by molar-refractivity contribution is -0.112. The molecule has 2 aliphatic rings. The smallest absolute Gasteiger partial charge is 0.254 e. The highest BCUT2D eigenvalue weighted by molar-refractivity contribution is 5.93. The molecule has 7 heteroatoms. The minimum Gasteiger partial charge on any atom is -0.490 e. The zero-order valence-corrected chi connectivity index (χ0v) is 19.2. The maximum absolute atomic E-state index is 12.6. The van der Waals surface area contributed by atoms with Crippen LogP contribution in [0.2, 0.25) is 0 Å². The molecule has 2 aromatic rings. The number of aromatic nitrogens is 2. The van der Waals surface area contributed by atoms with Crippen LogP contribution in [-0.2, 0) is 4.79 Å². The number of rotatable bonds is 7. The van der Waals surface area contributed by atoms with Gasteiger partial charge in [0, 0.05) is 18.7 Å². The van der Waals surface area contributed by atoms with Crippen molar-refractivity contribution in [2.45, 2.75) is 70.4 Å². The van der Waals surface area contributed by atoms with Gasteiger partial charge in [-0.05, 0) is 88.0 Å². The lowest BCUT2D eigenvalue weighted by Gasteiger charge is -2.29. The fourth-order valence-corrected chi connectivity index (χ4v) is 4.98. The molecule has 0 unspecified atom stereocenters. The number of nitrogens with one attached hydrogen (secondary N) is 1. The maximum Gasteiger partial charge on any atom is 0.254 e. The highest BCUT2D eigenvalue weighted by Crippen LogP contribution is 2.31. The summed E-state index contributed by atoms with van der Waals surface area (Å²) in [6.07, 6.45) is 12.3. The molecule has 7 nitrogen and oxygen atoms in total. The first-order valence-corrected chi connectivity index (χ1v) is 12.0. The SMILES string of the molecule is Cc1cc(OC2CCC(CNC(=O)c3cnn(C4CCC(C=O)CC4)c3)CC2)ccc1C#N. The zero-order chi connectivity index (χ0) is 23.2. The fourth-order valence-electron chi connectivity index (χ4n) is 4.98. The summed E-state index contributed by atoms with van der Waals surface area (Å²) in [5.74, 6) is 1.37. The molecule has 2 fully saturated rings. The standard InChI is InChI=1S/C26H32N4O3/c1-18-12-25(11-6-21(18)13-27)33-24-9-4-19(5-10-24)14-28-26(32)22-15-29-30(16-22)23-7-2-20(17-31)3-8-23/h6,11-12,15-17,19-20,23-24H,2-5,7-10,14H2,1H3,(H,28,32). The number of benzene rings is 1. The van der Waals surface area contributed by atoms with Gasteiger partial charge in [-0.3, -0.25) is 9.48 Å². The Labute approximate surface area is 195 Å². The number of ether oxygens (including phenoxy) is 1. The Morgan fingerprint density at radius 3 is 2.64 bits per heavy atom. The van der Waals surface area contributed by atoms with Crippen molar-refractivity contribution < 1.29 is 14.3 Å². The minimum absolute atomic E-state index is 0.0748. The van der Waals surface area contributed by atoms with Crippen molar-refractivity contribution in [3.63, 3.8) is 0 Å². The Bertz CT molecular complexity index is 1010. The number of carbonyl (C=O) groups excluding carboxylic acids is 2. The molecule has 0 atom stereocenters. The van der Waals surface area contributed by atoms with Crippen molar-refractivity contribution >= 4 is 12.2 Å².